The van der Waals surface area contributed by atoms with E-state index >= 15 is 0 Å². The second-order valence-corrected chi connectivity index (χ2v) is 3.63. The van der Waals surface area contributed by atoms with Crippen LogP contribution in [0.3, 0.4) is 0 Å². The second kappa shape index (κ2) is 3.05. The van der Waals surface area contributed by atoms with Crippen molar-refractivity contribution in [3.05, 3.63) is 0 Å². The third-order valence-electron chi connectivity index (χ3n) is 2.62. The predicted molar refractivity (Wildman–Crippen MR) is 41.3 cm³/mol. The molecule has 0 N–H and O–H groups in total. The summed E-state index contributed by atoms with van der Waals surface area (Å²) in [6.45, 7) is 4.44. The van der Waals surface area contributed by atoms with Gasteiger partial charge in [-0.15, -0.1) is 0 Å². The van der Waals surface area contributed by atoms with E-state index in [9.17, 15) is 0 Å². The Hall–Kier alpha value is -0.510. The molecule has 0 heterocycles. The molecule has 56 valence electrons. The van der Waals surface area contributed by atoms with Gasteiger partial charge in [0.05, 0.1) is 6.07 Å². The van der Waals surface area contributed by atoms with Gasteiger partial charge in [-0.05, 0) is 24.7 Å². The van der Waals surface area contributed by atoms with E-state index < -0.39 is 0 Å². The van der Waals surface area contributed by atoms with Gasteiger partial charge < -0.3 is 0 Å². The van der Waals surface area contributed by atoms with Crippen LogP contribution in [-0.4, -0.2) is 0 Å². The summed E-state index contributed by atoms with van der Waals surface area (Å²) in [5.74, 6) is 1.76. The topological polar surface area (TPSA) is 23.8 Å². The molecule has 1 saturated carbocycles. The Labute approximate surface area is 63.0 Å². The van der Waals surface area contributed by atoms with Gasteiger partial charge in [0.15, 0.2) is 0 Å². The Morgan fingerprint density at radius 3 is 2.50 bits per heavy atom. The Balaban J connectivity index is 2.47. The lowest BCUT2D eigenvalue weighted by Gasteiger charge is -2.27. The van der Waals surface area contributed by atoms with Crippen molar-refractivity contribution in [2.45, 2.75) is 33.1 Å². The second-order valence-electron chi connectivity index (χ2n) is 3.63. The Morgan fingerprint density at radius 2 is 2.00 bits per heavy atom. The van der Waals surface area contributed by atoms with Gasteiger partial charge in [-0.3, -0.25) is 0 Å². The summed E-state index contributed by atoms with van der Waals surface area (Å²) in [5, 5.41) is 8.73. The minimum atomic E-state index is 0.337. The molecule has 10 heavy (non-hydrogen) atoms. The molecule has 0 amide bonds. The largest absolute Gasteiger partial charge is 0.198 e. The first kappa shape index (κ1) is 7.60. The normalized spacial score (nSPS) is 40.7. The summed E-state index contributed by atoms with van der Waals surface area (Å²) in [7, 11) is 0. The van der Waals surface area contributed by atoms with Gasteiger partial charge in [-0.2, -0.15) is 5.26 Å². The fourth-order valence-corrected chi connectivity index (χ4v) is 1.71. The van der Waals surface area contributed by atoms with Crippen molar-refractivity contribution in [3.8, 4) is 6.07 Å². The smallest absolute Gasteiger partial charge is 0.0658 e. The molecule has 1 fully saturated rings. The quantitative estimate of drug-likeness (QED) is 0.503. The molecule has 0 aromatic rings. The van der Waals surface area contributed by atoms with Gasteiger partial charge in [-0.25, -0.2) is 0 Å². The molecule has 1 rings (SSSR count). The third kappa shape index (κ3) is 1.50. The summed E-state index contributed by atoms with van der Waals surface area (Å²) < 4.78 is 0. The molecule has 3 unspecified atom stereocenters. The van der Waals surface area contributed by atoms with E-state index in [4.69, 9.17) is 5.26 Å². The predicted octanol–water partition coefficient (Wildman–Crippen LogP) is 2.58. The van der Waals surface area contributed by atoms with Crippen molar-refractivity contribution in [2.75, 3.05) is 0 Å². The van der Waals surface area contributed by atoms with E-state index in [-0.39, 0.29) is 0 Å². The number of nitriles is 1. The van der Waals surface area contributed by atoms with Gasteiger partial charge in [0.2, 0.25) is 0 Å². The molecule has 0 aliphatic heterocycles. The zero-order valence-electron chi connectivity index (χ0n) is 6.80. The van der Waals surface area contributed by atoms with Gasteiger partial charge in [-0.1, -0.05) is 20.3 Å². The summed E-state index contributed by atoms with van der Waals surface area (Å²) in [6, 6.07) is 2.38. The molecular formula is C9H15N. The fraction of sp³-hybridized carbons (Fsp3) is 0.889. The first-order chi connectivity index (χ1) is 4.74. The Morgan fingerprint density at radius 1 is 1.30 bits per heavy atom. The van der Waals surface area contributed by atoms with Crippen LogP contribution in [0.4, 0.5) is 0 Å². The van der Waals surface area contributed by atoms with Crippen LogP contribution < -0.4 is 0 Å². The highest BCUT2D eigenvalue weighted by Gasteiger charge is 2.24. The lowest BCUT2D eigenvalue weighted by molar-refractivity contribution is 0.250. The summed E-state index contributed by atoms with van der Waals surface area (Å²) in [4.78, 5) is 0. The third-order valence-corrected chi connectivity index (χ3v) is 2.62. The van der Waals surface area contributed by atoms with E-state index in [1.54, 1.807) is 0 Å². The van der Waals surface area contributed by atoms with Crippen molar-refractivity contribution < 1.29 is 0 Å². The summed E-state index contributed by atoms with van der Waals surface area (Å²) in [5.41, 5.74) is 0. The zero-order valence-corrected chi connectivity index (χ0v) is 6.80. The van der Waals surface area contributed by atoms with Crippen molar-refractivity contribution in [1.82, 2.24) is 0 Å². The molecular weight excluding hydrogens is 122 g/mol. The fourth-order valence-electron chi connectivity index (χ4n) is 1.71. The maximum absolute atomic E-state index is 8.73. The highest BCUT2D eigenvalue weighted by Crippen LogP contribution is 2.32. The lowest BCUT2D eigenvalue weighted by atomic mass is 9.76. The summed E-state index contributed by atoms with van der Waals surface area (Å²) in [6.07, 6.45) is 3.69. The average molecular weight is 137 g/mol. The van der Waals surface area contributed by atoms with Crippen molar-refractivity contribution in [3.63, 3.8) is 0 Å². The molecule has 0 radical (unpaired) electrons. The van der Waals surface area contributed by atoms with E-state index in [1.807, 2.05) is 0 Å². The van der Waals surface area contributed by atoms with Crippen molar-refractivity contribution >= 4 is 0 Å². The van der Waals surface area contributed by atoms with Crippen LogP contribution in [0.2, 0.25) is 0 Å². The van der Waals surface area contributed by atoms with Crippen LogP contribution in [0, 0.1) is 29.1 Å². The standard InChI is InChI=1S/C9H15N/c1-7-3-4-8(2)9(5-7)6-10/h7-9H,3-5H2,1-2H3. The molecule has 0 saturated heterocycles. The maximum Gasteiger partial charge on any atom is 0.0658 e. The van der Waals surface area contributed by atoms with E-state index in [0.717, 1.165) is 12.3 Å². The lowest BCUT2D eigenvalue weighted by Crippen LogP contribution is -2.19. The SMILES string of the molecule is CC1CCC(C)C(C#N)C1. The van der Waals surface area contributed by atoms with Gasteiger partial charge in [0.25, 0.3) is 0 Å². The van der Waals surface area contributed by atoms with E-state index in [1.165, 1.54) is 12.8 Å². The minimum absolute atomic E-state index is 0.337. The van der Waals surface area contributed by atoms with Gasteiger partial charge in [0, 0.05) is 5.92 Å². The van der Waals surface area contributed by atoms with Crippen LogP contribution in [0.15, 0.2) is 0 Å². The molecule has 1 nitrogen and oxygen atoms in total. The molecule has 0 aromatic heterocycles. The van der Waals surface area contributed by atoms with Crippen LogP contribution in [0.5, 0.6) is 0 Å². The molecule has 3 atom stereocenters. The molecule has 1 heteroatoms. The van der Waals surface area contributed by atoms with Crippen molar-refractivity contribution in [2.24, 2.45) is 17.8 Å². The average Bonchev–Trinajstić information content (AvgIpc) is 1.94. The Kier molecular flexibility index (Phi) is 2.32. The van der Waals surface area contributed by atoms with E-state index in [0.29, 0.717) is 11.8 Å². The minimum Gasteiger partial charge on any atom is -0.198 e. The summed E-state index contributed by atoms with van der Waals surface area (Å²) >= 11 is 0. The number of rotatable bonds is 0. The van der Waals surface area contributed by atoms with E-state index in [2.05, 4.69) is 19.9 Å². The van der Waals surface area contributed by atoms with Crippen LogP contribution >= 0.6 is 0 Å². The van der Waals surface area contributed by atoms with Gasteiger partial charge >= 0.3 is 0 Å². The highest BCUT2D eigenvalue weighted by atomic mass is 14.3. The monoisotopic (exact) mass is 137 g/mol. The van der Waals surface area contributed by atoms with Gasteiger partial charge in [0.1, 0.15) is 0 Å². The first-order valence-corrected chi connectivity index (χ1v) is 4.13. The number of nitrogens with zero attached hydrogens (tertiary/aromatic N) is 1. The van der Waals surface area contributed by atoms with Crippen LogP contribution in [0.25, 0.3) is 0 Å². The maximum atomic E-state index is 8.73. The molecule has 1 aliphatic rings. The number of hydrogen-bond acceptors (Lipinski definition) is 1. The Bertz CT molecular complexity index is 145. The molecule has 0 aromatic carbocycles. The molecule has 1 aliphatic carbocycles. The molecule has 0 bridgehead atoms. The number of hydrogen-bond donors (Lipinski definition) is 0. The van der Waals surface area contributed by atoms with Crippen LogP contribution in [0.1, 0.15) is 33.1 Å². The first-order valence-electron chi connectivity index (χ1n) is 4.13. The zero-order chi connectivity index (χ0) is 7.56. The van der Waals surface area contributed by atoms with Crippen molar-refractivity contribution in [1.29, 1.82) is 5.26 Å². The van der Waals surface area contributed by atoms with Crippen LogP contribution in [-0.2, 0) is 0 Å². The highest BCUT2D eigenvalue weighted by molar-refractivity contribution is 4.90. The molecule has 0 spiro atoms.